The third-order valence-corrected chi connectivity index (χ3v) is 5.36. The second kappa shape index (κ2) is 9.81. The molecule has 0 unspecified atom stereocenters. The van der Waals surface area contributed by atoms with E-state index in [1.54, 1.807) is 0 Å². The lowest BCUT2D eigenvalue weighted by molar-refractivity contribution is -0.191. The third-order valence-electron chi connectivity index (χ3n) is 5.36. The second-order valence-electron chi connectivity index (χ2n) is 7.27. The van der Waals surface area contributed by atoms with Crippen molar-refractivity contribution in [2.24, 2.45) is 0 Å². The van der Waals surface area contributed by atoms with Gasteiger partial charge in [-0.15, -0.1) is 0 Å². The Bertz CT molecular complexity index is 1020. The number of aryl methyl sites for hydroxylation is 3. The fourth-order valence-electron chi connectivity index (χ4n) is 3.82. The fraction of sp³-hybridized carbons (Fsp3) is 0.280. The minimum Gasteiger partial charge on any atom is -0.487 e. The maximum atomic E-state index is 8.12. The van der Waals surface area contributed by atoms with E-state index in [0.29, 0.717) is 6.61 Å². The molecule has 148 valence electrons. The van der Waals surface area contributed by atoms with Crippen LogP contribution in [0.3, 0.4) is 0 Å². The zero-order valence-electron chi connectivity index (χ0n) is 16.9. The standard InChI is InChI=1S/C24H25NO.CO2/c1-17-8-3-5-11-21(17)20-14-19-10-4-6-12-22(19)24(15-20)26-16-23-18(2)9-7-13-25-23;2-1-3/h3,5,7-9,11,13-15H,4,6,10,12,16H2,1-2H3;. The number of aromatic nitrogens is 1. The molecule has 0 bridgehead atoms. The van der Waals surface area contributed by atoms with Crippen LogP contribution in [0, 0.1) is 13.8 Å². The molecule has 1 aromatic heterocycles. The topological polar surface area (TPSA) is 56.3 Å². The first-order chi connectivity index (χ1) is 14.1. The minimum atomic E-state index is 0.250. The lowest BCUT2D eigenvalue weighted by Crippen LogP contribution is -2.08. The van der Waals surface area contributed by atoms with Gasteiger partial charge < -0.3 is 4.74 Å². The van der Waals surface area contributed by atoms with Crippen LogP contribution in [0.4, 0.5) is 0 Å². The summed E-state index contributed by atoms with van der Waals surface area (Å²) in [6, 6.07) is 17.2. The van der Waals surface area contributed by atoms with Crippen LogP contribution in [0.2, 0.25) is 0 Å². The molecule has 0 fully saturated rings. The molecule has 2 aromatic carbocycles. The Morgan fingerprint density at radius 2 is 1.69 bits per heavy atom. The number of fused-ring (bicyclic) bond motifs is 1. The molecule has 4 nitrogen and oxygen atoms in total. The molecule has 1 aliphatic rings. The maximum absolute atomic E-state index is 8.12. The molecule has 0 saturated carbocycles. The molecular formula is C25H25NO3. The van der Waals surface area contributed by atoms with E-state index in [9.17, 15) is 0 Å². The lowest BCUT2D eigenvalue weighted by Gasteiger charge is -2.22. The van der Waals surface area contributed by atoms with E-state index < -0.39 is 0 Å². The number of rotatable bonds is 4. The summed E-state index contributed by atoms with van der Waals surface area (Å²) >= 11 is 0. The monoisotopic (exact) mass is 387 g/mol. The number of pyridine rings is 1. The number of ether oxygens (including phenoxy) is 1. The number of nitrogens with zero attached hydrogens (tertiary/aromatic N) is 1. The number of hydrogen-bond donors (Lipinski definition) is 0. The first-order valence-corrected chi connectivity index (χ1v) is 9.88. The van der Waals surface area contributed by atoms with Crippen LogP contribution in [-0.2, 0) is 29.0 Å². The molecule has 4 rings (SSSR count). The average molecular weight is 387 g/mol. The van der Waals surface area contributed by atoms with Gasteiger partial charge in [0.25, 0.3) is 0 Å². The molecule has 0 N–H and O–H groups in total. The number of benzene rings is 2. The van der Waals surface area contributed by atoms with Gasteiger partial charge in [0.1, 0.15) is 12.4 Å². The van der Waals surface area contributed by atoms with Crippen molar-refractivity contribution in [3.8, 4) is 16.9 Å². The van der Waals surface area contributed by atoms with Crippen LogP contribution in [0.15, 0.2) is 54.7 Å². The zero-order valence-corrected chi connectivity index (χ0v) is 16.9. The van der Waals surface area contributed by atoms with Gasteiger partial charge >= 0.3 is 6.15 Å². The highest BCUT2D eigenvalue weighted by atomic mass is 16.5. The van der Waals surface area contributed by atoms with E-state index in [4.69, 9.17) is 14.3 Å². The van der Waals surface area contributed by atoms with Gasteiger partial charge in [-0.2, -0.15) is 9.59 Å². The Hall–Kier alpha value is -3.23. The Labute approximate surface area is 171 Å². The van der Waals surface area contributed by atoms with E-state index in [1.165, 1.54) is 46.2 Å². The Morgan fingerprint density at radius 1 is 0.966 bits per heavy atom. The molecule has 0 radical (unpaired) electrons. The zero-order chi connectivity index (χ0) is 20.6. The van der Waals surface area contributed by atoms with Gasteiger partial charge in [-0.3, -0.25) is 4.98 Å². The Kier molecular flexibility index (Phi) is 6.94. The van der Waals surface area contributed by atoms with E-state index in [2.05, 4.69) is 61.3 Å². The average Bonchev–Trinajstić information content (AvgIpc) is 2.74. The molecule has 1 heterocycles. The molecule has 0 atom stereocenters. The van der Waals surface area contributed by atoms with Crippen molar-refractivity contribution in [2.45, 2.75) is 46.1 Å². The van der Waals surface area contributed by atoms with E-state index in [-0.39, 0.29) is 6.15 Å². The van der Waals surface area contributed by atoms with Crippen molar-refractivity contribution >= 4 is 6.15 Å². The van der Waals surface area contributed by atoms with Gasteiger partial charge in [-0.25, -0.2) is 0 Å². The predicted octanol–water partition coefficient (Wildman–Crippen LogP) is 5.24. The molecule has 0 spiro atoms. The molecule has 29 heavy (non-hydrogen) atoms. The minimum absolute atomic E-state index is 0.250. The number of carbonyl (C=O) groups excluding carboxylic acids is 2. The largest absolute Gasteiger partial charge is 0.487 e. The van der Waals surface area contributed by atoms with E-state index >= 15 is 0 Å². The van der Waals surface area contributed by atoms with Crippen LogP contribution in [0.5, 0.6) is 5.75 Å². The van der Waals surface area contributed by atoms with Crippen molar-refractivity contribution in [1.29, 1.82) is 0 Å². The SMILES string of the molecule is Cc1ccccc1-c1cc2c(c(OCc3ncccc3C)c1)CCCC2.O=C=O. The number of hydrogen-bond acceptors (Lipinski definition) is 4. The van der Waals surface area contributed by atoms with Gasteiger partial charge in [0, 0.05) is 6.20 Å². The predicted molar refractivity (Wildman–Crippen MR) is 112 cm³/mol. The van der Waals surface area contributed by atoms with Crippen LogP contribution >= 0.6 is 0 Å². The summed E-state index contributed by atoms with van der Waals surface area (Å²) in [5, 5.41) is 0. The normalized spacial score (nSPS) is 12.2. The van der Waals surface area contributed by atoms with Gasteiger partial charge in [-0.05, 0) is 85.0 Å². The summed E-state index contributed by atoms with van der Waals surface area (Å²) in [7, 11) is 0. The molecule has 1 aliphatic carbocycles. The highest BCUT2D eigenvalue weighted by Crippen LogP contribution is 2.36. The molecule has 4 heteroatoms. The molecular weight excluding hydrogens is 362 g/mol. The van der Waals surface area contributed by atoms with Gasteiger partial charge in [-0.1, -0.05) is 36.4 Å². The molecule has 3 aromatic rings. The maximum Gasteiger partial charge on any atom is 0.373 e. The van der Waals surface area contributed by atoms with Crippen molar-refractivity contribution in [2.75, 3.05) is 0 Å². The first-order valence-electron chi connectivity index (χ1n) is 9.88. The summed E-state index contributed by atoms with van der Waals surface area (Å²) in [6.45, 7) is 4.79. The lowest BCUT2D eigenvalue weighted by atomic mass is 9.87. The summed E-state index contributed by atoms with van der Waals surface area (Å²) in [4.78, 5) is 20.7. The van der Waals surface area contributed by atoms with Gasteiger partial charge in [0.05, 0.1) is 5.69 Å². The summed E-state index contributed by atoms with van der Waals surface area (Å²) in [5.41, 5.74) is 8.88. The van der Waals surface area contributed by atoms with Crippen molar-refractivity contribution in [3.63, 3.8) is 0 Å². The van der Waals surface area contributed by atoms with Crippen molar-refractivity contribution in [3.05, 3.63) is 82.7 Å². The molecule has 0 saturated heterocycles. The Morgan fingerprint density at radius 3 is 2.45 bits per heavy atom. The highest BCUT2D eigenvalue weighted by Gasteiger charge is 2.17. The smallest absolute Gasteiger partial charge is 0.373 e. The summed E-state index contributed by atoms with van der Waals surface area (Å²) < 4.78 is 6.31. The fourth-order valence-corrected chi connectivity index (χ4v) is 3.82. The quantitative estimate of drug-likeness (QED) is 0.614. The van der Waals surface area contributed by atoms with Crippen LogP contribution < -0.4 is 4.74 Å². The second-order valence-corrected chi connectivity index (χ2v) is 7.27. The summed E-state index contributed by atoms with van der Waals surface area (Å²) in [6.07, 6.45) is 6.86. The third kappa shape index (κ3) is 4.98. The van der Waals surface area contributed by atoms with E-state index in [0.717, 1.165) is 24.3 Å². The van der Waals surface area contributed by atoms with Crippen LogP contribution in [-0.4, -0.2) is 11.1 Å². The van der Waals surface area contributed by atoms with Gasteiger partial charge in [0.15, 0.2) is 0 Å². The van der Waals surface area contributed by atoms with Crippen LogP contribution in [0.25, 0.3) is 11.1 Å². The molecule has 0 amide bonds. The molecule has 0 aliphatic heterocycles. The van der Waals surface area contributed by atoms with Crippen molar-refractivity contribution in [1.82, 2.24) is 4.98 Å². The first kappa shape index (κ1) is 20.5. The van der Waals surface area contributed by atoms with Crippen LogP contribution in [0.1, 0.15) is 40.8 Å². The van der Waals surface area contributed by atoms with Crippen molar-refractivity contribution < 1.29 is 14.3 Å². The van der Waals surface area contributed by atoms with E-state index in [1.807, 2.05) is 12.3 Å². The highest BCUT2D eigenvalue weighted by molar-refractivity contribution is 5.70. The summed E-state index contributed by atoms with van der Waals surface area (Å²) in [5.74, 6) is 1.03. The van der Waals surface area contributed by atoms with Gasteiger partial charge in [0.2, 0.25) is 0 Å². The Balaban J connectivity index is 0.000000755.